The lowest BCUT2D eigenvalue weighted by atomic mass is 10.3. The molecule has 1 aromatic carbocycles. The van der Waals surface area contributed by atoms with Gasteiger partial charge in [0.25, 0.3) is 11.5 Å². The molecular weight excluding hydrogens is 394 g/mol. The van der Waals surface area contributed by atoms with E-state index in [1.54, 1.807) is 42.9 Å². The molecule has 0 aliphatic rings. The van der Waals surface area contributed by atoms with E-state index in [1.165, 1.54) is 29.6 Å². The van der Waals surface area contributed by atoms with Crippen LogP contribution >= 0.6 is 11.8 Å². The summed E-state index contributed by atoms with van der Waals surface area (Å²) >= 11 is 1.35. The van der Waals surface area contributed by atoms with Crippen LogP contribution in [0.5, 0.6) is 0 Å². The lowest BCUT2D eigenvalue weighted by Crippen LogP contribution is -2.37. The number of nitrogens with zero attached hydrogens (tertiary/aromatic N) is 4. The fourth-order valence-corrected chi connectivity index (χ4v) is 3.75. The standard InChI is InChI=1S/C19H17N5O4S/c1-22-14-15(23(2)19(27)24(3)17(14)26)21-18(22)29-12-8-6-11(7-9-12)20-16(25)13-5-4-10-28-13/h4-10H,1-3H3,(H,20,25). The Balaban J connectivity index is 1.61. The summed E-state index contributed by atoms with van der Waals surface area (Å²) in [6.45, 7) is 0. The van der Waals surface area contributed by atoms with Gasteiger partial charge in [0.05, 0.1) is 6.26 Å². The Morgan fingerprint density at radius 1 is 1.03 bits per heavy atom. The summed E-state index contributed by atoms with van der Waals surface area (Å²) in [6.07, 6.45) is 1.44. The van der Waals surface area contributed by atoms with Crippen molar-refractivity contribution >= 4 is 34.5 Å². The van der Waals surface area contributed by atoms with Crippen molar-refractivity contribution in [1.82, 2.24) is 18.7 Å². The first-order chi connectivity index (χ1) is 13.9. The Morgan fingerprint density at radius 2 is 1.76 bits per heavy atom. The van der Waals surface area contributed by atoms with E-state index in [0.29, 0.717) is 22.0 Å². The lowest BCUT2D eigenvalue weighted by Gasteiger charge is -2.05. The van der Waals surface area contributed by atoms with Gasteiger partial charge in [0, 0.05) is 31.7 Å². The van der Waals surface area contributed by atoms with Crippen LogP contribution in [0.15, 0.2) is 66.7 Å². The van der Waals surface area contributed by atoms with Gasteiger partial charge in [0.2, 0.25) is 0 Å². The molecular formula is C19H17N5O4S. The highest BCUT2D eigenvalue weighted by Crippen LogP contribution is 2.29. The van der Waals surface area contributed by atoms with Crippen molar-refractivity contribution in [3.8, 4) is 0 Å². The van der Waals surface area contributed by atoms with Gasteiger partial charge in [0.15, 0.2) is 22.1 Å². The molecule has 0 atom stereocenters. The predicted molar refractivity (Wildman–Crippen MR) is 108 cm³/mol. The average molecular weight is 411 g/mol. The quantitative estimate of drug-likeness (QED) is 0.551. The molecule has 3 heterocycles. The molecule has 0 spiro atoms. The van der Waals surface area contributed by atoms with Crippen LogP contribution < -0.4 is 16.6 Å². The van der Waals surface area contributed by atoms with Gasteiger partial charge < -0.3 is 14.3 Å². The summed E-state index contributed by atoms with van der Waals surface area (Å²) in [7, 11) is 4.77. The molecule has 3 aromatic heterocycles. The van der Waals surface area contributed by atoms with Crippen LogP contribution in [0.4, 0.5) is 5.69 Å². The van der Waals surface area contributed by atoms with Crippen molar-refractivity contribution in [3.63, 3.8) is 0 Å². The fourth-order valence-electron chi connectivity index (χ4n) is 2.90. The Hall–Kier alpha value is -3.53. The topological polar surface area (TPSA) is 104 Å². The number of amides is 1. The zero-order chi connectivity index (χ0) is 20.7. The van der Waals surface area contributed by atoms with E-state index in [9.17, 15) is 14.4 Å². The second-order valence-electron chi connectivity index (χ2n) is 6.39. The Morgan fingerprint density at radius 3 is 2.41 bits per heavy atom. The van der Waals surface area contributed by atoms with Crippen molar-refractivity contribution in [3.05, 3.63) is 69.3 Å². The summed E-state index contributed by atoms with van der Waals surface area (Å²) in [5, 5.41) is 3.33. The maximum absolute atomic E-state index is 12.5. The number of carbonyl (C=O) groups excluding carboxylic acids is 1. The molecule has 148 valence electrons. The van der Waals surface area contributed by atoms with Gasteiger partial charge in [-0.05, 0) is 36.4 Å². The molecule has 4 rings (SSSR count). The van der Waals surface area contributed by atoms with Gasteiger partial charge >= 0.3 is 5.69 Å². The van der Waals surface area contributed by atoms with Crippen molar-refractivity contribution in [2.75, 3.05) is 5.32 Å². The Bertz CT molecular complexity index is 1330. The number of fused-ring (bicyclic) bond motifs is 1. The number of hydrogen-bond donors (Lipinski definition) is 1. The zero-order valence-corrected chi connectivity index (χ0v) is 16.7. The third-order valence-corrected chi connectivity index (χ3v) is 5.56. The first-order valence-electron chi connectivity index (χ1n) is 8.62. The van der Waals surface area contributed by atoms with E-state index < -0.39 is 5.69 Å². The van der Waals surface area contributed by atoms with E-state index in [-0.39, 0.29) is 17.2 Å². The number of hydrogen-bond acceptors (Lipinski definition) is 6. The molecule has 0 fully saturated rings. The van der Waals surface area contributed by atoms with Gasteiger partial charge in [-0.3, -0.25) is 18.7 Å². The Kier molecular flexibility index (Phi) is 4.63. The zero-order valence-electron chi connectivity index (χ0n) is 15.9. The number of furan rings is 1. The number of imidazole rings is 1. The monoisotopic (exact) mass is 411 g/mol. The van der Waals surface area contributed by atoms with E-state index in [1.807, 2.05) is 12.1 Å². The van der Waals surface area contributed by atoms with Gasteiger partial charge in [-0.2, -0.15) is 0 Å². The summed E-state index contributed by atoms with van der Waals surface area (Å²) in [6, 6.07) is 10.4. The van der Waals surface area contributed by atoms with Crippen molar-refractivity contribution in [2.45, 2.75) is 10.1 Å². The van der Waals surface area contributed by atoms with Crippen LogP contribution in [0.1, 0.15) is 10.6 Å². The number of rotatable bonds is 4. The largest absolute Gasteiger partial charge is 0.459 e. The fraction of sp³-hybridized carbons (Fsp3) is 0.158. The van der Waals surface area contributed by atoms with E-state index >= 15 is 0 Å². The highest BCUT2D eigenvalue weighted by Gasteiger charge is 2.17. The number of anilines is 1. The molecule has 4 aromatic rings. The highest BCUT2D eigenvalue weighted by molar-refractivity contribution is 7.99. The maximum Gasteiger partial charge on any atom is 0.332 e. The third kappa shape index (κ3) is 3.27. The minimum absolute atomic E-state index is 0.232. The molecule has 9 nitrogen and oxygen atoms in total. The smallest absolute Gasteiger partial charge is 0.332 e. The van der Waals surface area contributed by atoms with E-state index in [0.717, 1.165) is 9.46 Å². The number of benzene rings is 1. The summed E-state index contributed by atoms with van der Waals surface area (Å²) in [5.74, 6) is -0.0992. The molecule has 0 unspecified atom stereocenters. The molecule has 0 radical (unpaired) electrons. The number of carbonyl (C=O) groups is 1. The molecule has 1 amide bonds. The van der Waals surface area contributed by atoms with Crippen LogP contribution in [-0.2, 0) is 21.1 Å². The third-order valence-electron chi connectivity index (χ3n) is 4.50. The summed E-state index contributed by atoms with van der Waals surface area (Å²) in [4.78, 5) is 41.9. The second-order valence-corrected chi connectivity index (χ2v) is 7.43. The van der Waals surface area contributed by atoms with Crippen LogP contribution in [0.2, 0.25) is 0 Å². The normalized spacial score (nSPS) is 11.1. The van der Waals surface area contributed by atoms with Crippen LogP contribution in [0.3, 0.4) is 0 Å². The van der Waals surface area contributed by atoms with Crippen LogP contribution in [0, 0.1) is 0 Å². The minimum Gasteiger partial charge on any atom is -0.459 e. The predicted octanol–water partition coefficient (Wildman–Crippen LogP) is 1.97. The second kappa shape index (κ2) is 7.13. The lowest BCUT2D eigenvalue weighted by molar-refractivity contribution is 0.0996. The summed E-state index contributed by atoms with van der Waals surface area (Å²) in [5.41, 5.74) is 0.511. The molecule has 0 aliphatic carbocycles. The van der Waals surface area contributed by atoms with Gasteiger partial charge in [-0.1, -0.05) is 11.8 Å². The molecule has 1 N–H and O–H groups in total. The molecule has 0 aliphatic heterocycles. The van der Waals surface area contributed by atoms with Crippen LogP contribution in [-0.4, -0.2) is 24.6 Å². The summed E-state index contributed by atoms with van der Waals surface area (Å²) < 4.78 is 9.16. The molecule has 0 bridgehead atoms. The SMILES string of the molecule is Cn1c(=O)c2c(nc(Sc3ccc(NC(=O)c4ccco4)cc3)n2C)n(C)c1=O. The first-order valence-corrected chi connectivity index (χ1v) is 9.43. The van der Waals surface area contributed by atoms with E-state index in [4.69, 9.17) is 4.42 Å². The molecule has 29 heavy (non-hydrogen) atoms. The molecule has 10 heteroatoms. The van der Waals surface area contributed by atoms with Gasteiger partial charge in [-0.15, -0.1) is 0 Å². The van der Waals surface area contributed by atoms with Crippen molar-refractivity contribution < 1.29 is 9.21 Å². The molecule has 0 saturated carbocycles. The Labute approximate surface area is 168 Å². The van der Waals surface area contributed by atoms with Gasteiger partial charge in [0.1, 0.15) is 0 Å². The number of nitrogens with one attached hydrogen (secondary N) is 1. The highest BCUT2D eigenvalue weighted by atomic mass is 32.2. The van der Waals surface area contributed by atoms with Crippen molar-refractivity contribution in [2.24, 2.45) is 21.1 Å². The van der Waals surface area contributed by atoms with Crippen molar-refractivity contribution in [1.29, 1.82) is 0 Å². The van der Waals surface area contributed by atoms with E-state index in [2.05, 4.69) is 10.3 Å². The minimum atomic E-state index is -0.422. The number of aromatic nitrogens is 4. The molecule has 0 saturated heterocycles. The van der Waals surface area contributed by atoms with Crippen LogP contribution in [0.25, 0.3) is 11.2 Å². The maximum atomic E-state index is 12.5. The average Bonchev–Trinajstić information content (AvgIpc) is 3.35. The van der Waals surface area contributed by atoms with Gasteiger partial charge in [-0.25, -0.2) is 9.78 Å². The first kappa shape index (κ1) is 18.8. The number of aryl methyl sites for hydroxylation is 2.